The molecule has 0 aliphatic carbocycles. The third kappa shape index (κ3) is 3.58. The van der Waals surface area contributed by atoms with Gasteiger partial charge in [0, 0.05) is 19.5 Å². The number of hydrogen-bond donors (Lipinski definition) is 0. The van der Waals surface area contributed by atoms with Gasteiger partial charge in [-0.25, -0.2) is 0 Å². The van der Waals surface area contributed by atoms with E-state index < -0.39 is 0 Å². The van der Waals surface area contributed by atoms with Gasteiger partial charge in [0.1, 0.15) is 6.61 Å². The fourth-order valence-corrected chi connectivity index (χ4v) is 1.98. The molecule has 1 aliphatic heterocycles. The zero-order chi connectivity index (χ0) is 12.8. The number of rotatable bonds is 5. The molecule has 4 nitrogen and oxygen atoms in total. The van der Waals surface area contributed by atoms with Crippen molar-refractivity contribution in [3.05, 3.63) is 35.9 Å². The summed E-state index contributed by atoms with van der Waals surface area (Å²) in [6.07, 6.45) is 1.79. The molecule has 0 aromatic heterocycles. The van der Waals surface area contributed by atoms with E-state index in [-0.39, 0.29) is 18.3 Å². The van der Waals surface area contributed by atoms with Crippen molar-refractivity contribution in [2.75, 3.05) is 13.1 Å². The number of amides is 1. The smallest absolute Gasteiger partial charge is 0.307 e. The van der Waals surface area contributed by atoms with E-state index in [9.17, 15) is 9.59 Å². The molecule has 1 aliphatic rings. The summed E-state index contributed by atoms with van der Waals surface area (Å²) in [5.74, 6) is -0.107. The quantitative estimate of drug-likeness (QED) is 0.745. The first-order chi connectivity index (χ1) is 8.75. The highest BCUT2D eigenvalue weighted by Crippen LogP contribution is 2.10. The second-order valence-electron chi connectivity index (χ2n) is 4.38. The molecule has 0 spiro atoms. The van der Waals surface area contributed by atoms with Crippen LogP contribution >= 0.6 is 0 Å². The minimum Gasteiger partial charge on any atom is -0.461 e. The maximum atomic E-state index is 11.5. The van der Waals surface area contributed by atoms with E-state index >= 15 is 0 Å². The second-order valence-corrected chi connectivity index (χ2v) is 4.38. The van der Waals surface area contributed by atoms with Gasteiger partial charge in [-0.15, -0.1) is 0 Å². The van der Waals surface area contributed by atoms with Crippen molar-refractivity contribution in [2.24, 2.45) is 0 Å². The third-order valence-electron chi connectivity index (χ3n) is 3.00. The van der Waals surface area contributed by atoms with Crippen molar-refractivity contribution < 1.29 is 14.3 Å². The lowest BCUT2D eigenvalue weighted by molar-refractivity contribution is -0.145. The number of nitrogens with zero attached hydrogens (tertiary/aromatic N) is 1. The summed E-state index contributed by atoms with van der Waals surface area (Å²) in [4.78, 5) is 24.6. The van der Waals surface area contributed by atoms with Gasteiger partial charge < -0.3 is 9.64 Å². The Kier molecular flexibility index (Phi) is 4.34. The van der Waals surface area contributed by atoms with E-state index in [4.69, 9.17) is 4.74 Å². The molecule has 1 saturated heterocycles. The number of carbonyl (C=O) groups excluding carboxylic acids is 2. The van der Waals surface area contributed by atoms with Crippen LogP contribution in [-0.4, -0.2) is 29.9 Å². The van der Waals surface area contributed by atoms with Crippen LogP contribution in [-0.2, 0) is 20.9 Å². The summed E-state index contributed by atoms with van der Waals surface area (Å²) in [6.45, 7) is 1.55. The van der Waals surface area contributed by atoms with E-state index in [0.717, 1.165) is 18.5 Å². The molecule has 0 radical (unpaired) electrons. The predicted octanol–water partition coefficient (Wildman–Crippen LogP) is 1.74. The van der Waals surface area contributed by atoms with Crippen LogP contribution in [0, 0.1) is 0 Å². The van der Waals surface area contributed by atoms with E-state index in [2.05, 4.69) is 0 Å². The van der Waals surface area contributed by atoms with Crippen LogP contribution < -0.4 is 0 Å². The lowest BCUT2D eigenvalue weighted by Crippen LogP contribution is -2.27. The van der Waals surface area contributed by atoms with Crippen LogP contribution in [0.4, 0.5) is 0 Å². The molecule has 0 unspecified atom stereocenters. The summed E-state index contributed by atoms with van der Waals surface area (Å²) in [7, 11) is 0. The average molecular weight is 247 g/mol. The van der Waals surface area contributed by atoms with Gasteiger partial charge >= 0.3 is 5.97 Å². The largest absolute Gasteiger partial charge is 0.461 e. The lowest BCUT2D eigenvalue weighted by Gasteiger charge is -2.14. The monoisotopic (exact) mass is 247 g/mol. The fraction of sp³-hybridized carbons (Fsp3) is 0.429. The van der Waals surface area contributed by atoms with Crippen molar-refractivity contribution in [1.29, 1.82) is 0 Å². The van der Waals surface area contributed by atoms with Crippen LogP contribution in [0.25, 0.3) is 0 Å². The molecule has 0 saturated carbocycles. The molecular formula is C14H17NO3. The van der Waals surface area contributed by atoms with Crippen LogP contribution in [0.2, 0.25) is 0 Å². The molecule has 1 fully saturated rings. The minimum atomic E-state index is -0.251. The van der Waals surface area contributed by atoms with Crippen molar-refractivity contribution in [3.8, 4) is 0 Å². The Labute approximate surface area is 107 Å². The van der Waals surface area contributed by atoms with Gasteiger partial charge in [-0.2, -0.15) is 0 Å². The SMILES string of the molecule is O=C(CCN1CCCC1=O)OCc1ccccc1. The summed E-state index contributed by atoms with van der Waals surface area (Å²) < 4.78 is 5.15. The van der Waals surface area contributed by atoms with Crippen LogP contribution in [0.15, 0.2) is 30.3 Å². The molecule has 96 valence electrons. The number of benzene rings is 1. The Hall–Kier alpha value is -1.84. The number of ether oxygens (including phenoxy) is 1. The van der Waals surface area contributed by atoms with Gasteiger partial charge in [-0.3, -0.25) is 9.59 Å². The van der Waals surface area contributed by atoms with Gasteiger partial charge in [0.15, 0.2) is 0 Å². The second kappa shape index (κ2) is 6.19. The molecule has 1 amide bonds. The summed E-state index contributed by atoms with van der Waals surface area (Å²) in [5, 5.41) is 0. The molecule has 18 heavy (non-hydrogen) atoms. The Balaban J connectivity index is 1.68. The van der Waals surface area contributed by atoms with Gasteiger partial charge in [-0.05, 0) is 12.0 Å². The highest BCUT2D eigenvalue weighted by atomic mass is 16.5. The highest BCUT2D eigenvalue weighted by molar-refractivity contribution is 5.79. The molecule has 4 heteroatoms. The number of carbonyl (C=O) groups is 2. The van der Waals surface area contributed by atoms with E-state index in [1.807, 2.05) is 30.3 Å². The van der Waals surface area contributed by atoms with E-state index in [1.54, 1.807) is 4.90 Å². The first-order valence-corrected chi connectivity index (χ1v) is 6.23. The first kappa shape index (κ1) is 12.6. The van der Waals surface area contributed by atoms with Crippen LogP contribution in [0.1, 0.15) is 24.8 Å². The number of esters is 1. The molecule has 1 aromatic rings. The highest BCUT2D eigenvalue weighted by Gasteiger charge is 2.20. The van der Waals surface area contributed by atoms with Crippen LogP contribution in [0.3, 0.4) is 0 Å². The fourth-order valence-electron chi connectivity index (χ4n) is 1.98. The minimum absolute atomic E-state index is 0.144. The average Bonchev–Trinajstić information content (AvgIpc) is 2.81. The molecule has 0 bridgehead atoms. The molecule has 2 rings (SSSR count). The predicted molar refractivity (Wildman–Crippen MR) is 66.7 cm³/mol. The van der Waals surface area contributed by atoms with Gasteiger partial charge in [0.2, 0.25) is 5.91 Å². The topological polar surface area (TPSA) is 46.6 Å². The summed E-state index contributed by atoms with van der Waals surface area (Å²) in [6, 6.07) is 9.57. The van der Waals surface area contributed by atoms with Gasteiger partial charge in [-0.1, -0.05) is 30.3 Å². The zero-order valence-electron chi connectivity index (χ0n) is 10.3. The van der Waals surface area contributed by atoms with Gasteiger partial charge in [0.25, 0.3) is 0 Å². The molecular weight excluding hydrogens is 230 g/mol. The van der Waals surface area contributed by atoms with Gasteiger partial charge in [0.05, 0.1) is 6.42 Å². The first-order valence-electron chi connectivity index (χ1n) is 6.23. The van der Waals surface area contributed by atoms with Crippen molar-refractivity contribution in [1.82, 2.24) is 4.90 Å². The Morgan fingerprint density at radius 2 is 2.06 bits per heavy atom. The molecule has 1 aromatic carbocycles. The molecule has 0 N–H and O–H groups in total. The Morgan fingerprint density at radius 1 is 1.28 bits per heavy atom. The maximum absolute atomic E-state index is 11.5. The Morgan fingerprint density at radius 3 is 2.72 bits per heavy atom. The molecule has 0 atom stereocenters. The molecule has 1 heterocycles. The van der Waals surface area contributed by atoms with Crippen LogP contribution in [0.5, 0.6) is 0 Å². The lowest BCUT2D eigenvalue weighted by atomic mass is 10.2. The van der Waals surface area contributed by atoms with Crippen molar-refractivity contribution in [2.45, 2.75) is 25.9 Å². The van der Waals surface area contributed by atoms with E-state index in [1.165, 1.54) is 0 Å². The maximum Gasteiger partial charge on any atom is 0.307 e. The van der Waals surface area contributed by atoms with Crippen molar-refractivity contribution in [3.63, 3.8) is 0 Å². The zero-order valence-corrected chi connectivity index (χ0v) is 10.3. The normalized spacial score (nSPS) is 14.9. The summed E-state index contributed by atoms with van der Waals surface area (Å²) in [5.41, 5.74) is 0.975. The number of hydrogen-bond acceptors (Lipinski definition) is 3. The summed E-state index contributed by atoms with van der Waals surface area (Å²) >= 11 is 0. The van der Waals surface area contributed by atoms with Crippen molar-refractivity contribution >= 4 is 11.9 Å². The third-order valence-corrected chi connectivity index (χ3v) is 3.00. The van der Waals surface area contributed by atoms with E-state index in [0.29, 0.717) is 19.6 Å². The Bertz CT molecular complexity index is 416. The standard InChI is InChI=1S/C14H17NO3/c16-13-7-4-9-15(13)10-8-14(17)18-11-12-5-2-1-3-6-12/h1-3,5-6H,4,7-11H2. The number of likely N-dealkylation sites (tertiary alicyclic amines) is 1.